The maximum atomic E-state index is 12.2. The molecule has 5 heteroatoms. The summed E-state index contributed by atoms with van der Waals surface area (Å²) in [6, 6.07) is 5.98. The Balaban J connectivity index is 1.93. The second kappa shape index (κ2) is 7.02. The summed E-state index contributed by atoms with van der Waals surface area (Å²) in [4.78, 5) is 14.3. The van der Waals surface area contributed by atoms with E-state index in [1.165, 1.54) is 0 Å². The van der Waals surface area contributed by atoms with Gasteiger partial charge in [-0.2, -0.15) is 0 Å². The topological polar surface area (TPSA) is 67.6 Å². The number of hydrogen-bond donors (Lipinski definition) is 2. The summed E-state index contributed by atoms with van der Waals surface area (Å²) in [5.41, 5.74) is 8.95. The first-order valence-electron chi connectivity index (χ1n) is 7.43. The van der Waals surface area contributed by atoms with Crippen molar-refractivity contribution in [3.63, 3.8) is 0 Å². The number of rotatable bonds is 4. The summed E-state index contributed by atoms with van der Waals surface area (Å²) in [6.07, 6.45) is 0.00625. The van der Waals surface area contributed by atoms with Crippen molar-refractivity contribution in [1.29, 1.82) is 0 Å². The Labute approximate surface area is 126 Å². The lowest BCUT2D eigenvalue weighted by molar-refractivity contribution is -0.119. The minimum absolute atomic E-state index is 0.00625. The van der Waals surface area contributed by atoms with Crippen molar-refractivity contribution in [2.75, 3.05) is 31.6 Å². The average molecular weight is 291 g/mol. The number of nitrogens with zero attached hydrogens (tertiary/aromatic N) is 1. The van der Waals surface area contributed by atoms with E-state index in [4.69, 9.17) is 10.5 Å². The van der Waals surface area contributed by atoms with Gasteiger partial charge in [-0.05, 0) is 31.9 Å². The highest BCUT2D eigenvalue weighted by atomic mass is 16.5. The Morgan fingerprint density at radius 2 is 2.14 bits per heavy atom. The molecule has 0 saturated carbocycles. The predicted molar refractivity (Wildman–Crippen MR) is 84.4 cm³/mol. The molecule has 1 fully saturated rings. The molecule has 1 heterocycles. The van der Waals surface area contributed by atoms with Crippen molar-refractivity contribution in [2.45, 2.75) is 32.9 Å². The zero-order chi connectivity index (χ0) is 15.4. The van der Waals surface area contributed by atoms with Crippen molar-refractivity contribution >= 4 is 11.6 Å². The highest BCUT2D eigenvalue weighted by Gasteiger charge is 2.24. The Kier molecular flexibility index (Phi) is 5.33. The van der Waals surface area contributed by atoms with Crippen LogP contribution in [0.3, 0.4) is 0 Å². The first kappa shape index (κ1) is 15.9. The third-order valence-electron chi connectivity index (χ3n) is 3.88. The Morgan fingerprint density at radius 1 is 1.48 bits per heavy atom. The lowest BCUT2D eigenvalue weighted by Gasteiger charge is -2.34. The van der Waals surface area contributed by atoms with E-state index in [0.717, 1.165) is 23.4 Å². The van der Waals surface area contributed by atoms with Gasteiger partial charge >= 0.3 is 0 Å². The molecule has 2 unspecified atom stereocenters. The van der Waals surface area contributed by atoms with E-state index in [1.54, 1.807) is 0 Å². The van der Waals surface area contributed by atoms with Gasteiger partial charge in [0.1, 0.15) is 0 Å². The summed E-state index contributed by atoms with van der Waals surface area (Å²) in [7, 11) is 0. The van der Waals surface area contributed by atoms with Gasteiger partial charge in [0.15, 0.2) is 0 Å². The van der Waals surface area contributed by atoms with Gasteiger partial charge in [-0.15, -0.1) is 0 Å². The molecule has 0 spiro atoms. The summed E-state index contributed by atoms with van der Waals surface area (Å²) in [5, 5.41) is 3.02. The number of anilines is 1. The summed E-state index contributed by atoms with van der Waals surface area (Å²) < 4.78 is 5.61. The lowest BCUT2D eigenvalue weighted by Crippen LogP contribution is -2.51. The van der Waals surface area contributed by atoms with E-state index >= 15 is 0 Å². The van der Waals surface area contributed by atoms with Gasteiger partial charge in [-0.25, -0.2) is 0 Å². The van der Waals surface area contributed by atoms with Crippen molar-refractivity contribution in [3.05, 3.63) is 29.3 Å². The van der Waals surface area contributed by atoms with Crippen LogP contribution in [0.25, 0.3) is 0 Å². The molecule has 116 valence electrons. The number of amides is 1. The largest absolute Gasteiger partial charge is 0.374 e. The smallest absolute Gasteiger partial charge is 0.238 e. The fourth-order valence-electron chi connectivity index (χ4n) is 2.59. The summed E-state index contributed by atoms with van der Waals surface area (Å²) in [5.74, 6) is 0.0118. The third kappa shape index (κ3) is 4.27. The molecule has 1 amide bonds. The number of morpholine rings is 1. The van der Waals surface area contributed by atoms with Crippen LogP contribution in [0.1, 0.15) is 18.1 Å². The van der Waals surface area contributed by atoms with Gasteiger partial charge in [0, 0.05) is 24.8 Å². The zero-order valence-corrected chi connectivity index (χ0v) is 13.1. The van der Waals surface area contributed by atoms with Crippen LogP contribution in [0.4, 0.5) is 5.69 Å². The lowest BCUT2D eigenvalue weighted by atomic mass is 10.1. The molecule has 0 radical (unpaired) electrons. The van der Waals surface area contributed by atoms with Crippen LogP contribution in [0.5, 0.6) is 0 Å². The SMILES string of the molecule is Cc1cccc(C)c1NC(=O)CN1CCOC(C(C)N)C1. The molecular weight excluding hydrogens is 266 g/mol. The fraction of sp³-hybridized carbons (Fsp3) is 0.562. The minimum Gasteiger partial charge on any atom is -0.374 e. The van der Waals surface area contributed by atoms with E-state index in [9.17, 15) is 4.79 Å². The second-order valence-corrected chi connectivity index (χ2v) is 5.82. The number of carbonyl (C=O) groups is 1. The number of benzene rings is 1. The van der Waals surface area contributed by atoms with Crippen molar-refractivity contribution in [1.82, 2.24) is 4.90 Å². The second-order valence-electron chi connectivity index (χ2n) is 5.82. The van der Waals surface area contributed by atoms with Gasteiger partial charge in [0.05, 0.1) is 19.3 Å². The number of nitrogens with two attached hydrogens (primary N) is 1. The average Bonchev–Trinajstić information content (AvgIpc) is 2.43. The number of para-hydroxylation sites is 1. The standard InChI is InChI=1S/C16H25N3O2/c1-11-5-4-6-12(2)16(11)18-15(20)10-19-7-8-21-14(9-19)13(3)17/h4-6,13-14H,7-10,17H2,1-3H3,(H,18,20). The van der Waals surface area contributed by atoms with E-state index < -0.39 is 0 Å². The number of aryl methyl sites for hydroxylation is 2. The number of nitrogens with one attached hydrogen (secondary N) is 1. The van der Waals surface area contributed by atoms with Crippen LogP contribution in [0.15, 0.2) is 18.2 Å². The zero-order valence-electron chi connectivity index (χ0n) is 13.1. The van der Waals surface area contributed by atoms with E-state index in [2.05, 4.69) is 10.2 Å². The van der Waals surface area contributed by atoms with E-state index in [0.29, 0.717) is 19.7 Å². The van der Waals surface area contributed by atoms with Crippen molar-refractivity contribution in [3.8, 4) is 0 Å². The molecular formula is C16H25N3O2. The van der Waals surface area contributed by atoms with Crippen LogP contribution < -0.4 is 11.1 Å². The molecule has 0 bridgehead atoms. The van der Waals surface area contributed by atoms with Gasteiger partial charge < -0.3 is 15.8 Å². The summed E-state index contributed by atoms with van der Waals surface area (Å²) in [6.45, 7) is 8.42. The van der Waals surface area contributed by atoms with Crippen molar-refractivity contribution in [2.24, 2.45) is 5.73 Å². The molecule has 3 N–H and O–H groups in total. The number of carbonyl (C=O) groups excluding carboxylic acids is 1. The first-order valence-corrected chi connectivity index (χ1v) is 7.43. The highest BCUT2D eigenvalue weighted by Crippen LogP contribution is 2.19. The first-order chi connectivity index (χ1) is 9.97. The predicted octanol–water partition coefficient (Wildman–Crippen LogP) is 1.29. The van der Waals surface area contributed by atoms with Crippen LogP contribution in [0.2, 0.25) is 0 Å². The maximum absolute atomic E-state index is 12.2. The number of hydrogen-bond acceptors (Lipinski definition) is 4. The fourth-order valence-corrected chi connectivity index (χ4v) is 2.59. The van der Waals surface area contributed by atoms with Gasteiger partial charge in [0.25, 0.3) is 0 Å². The molecule has 1 saturated heterocycles. The molecule has 0 aromatic heterocycles. The van der Waals surface area contributed by atoms with E-state index in [-0.39, 0.29) is 18.1 Å². The molecule has 2 rings (SSSR count). The Bertz CT molecular complexity index is 482. The van der Waals surface area contributed by atoms with Crippen molar-refractivity contribution < 1.29 is 9.53 Å². The quantitative estimate of drug-likeness (QED) is 0.877. The maximum Gasteiger partial charge on any atom is 0.238 e. The van der Waals surface area contributed by atoms with Crippen LogP contribution in [0, 0.1) is 13.8 Å². The van der Waals surface area contributed by atoms with E-state index in [1.807, 2.05) is 39.0 Å². The van der Waals surface area contributed by atoms with Gasteiger partial charge in [-0.1, -0.05) is 18.2 Å². The third-order valence-corrected chi connectivity index (χ3v) is 3.88. The van der Waals surface area contributed by atoms with Crippen LogP contribution in [-0.4, -0.2) is 49.2 Å². The molecule has 2 atom stereocenters. The number of ether oxygens (including phenoxy) is 1. The normalized spacial score (nSPS) is 21.0. The molecule has 1 aliphatic heterocycles. The Hall–Kier alpha value is -1.43. The summed E-state index contributed by atoms with van der Waals surface area (Å²) >= 11 is 0. The van der Waals surface area contributed by atoms with Gasteiger partial charge in [-0.3, -0.25) is 9.69 Å². The molecule has 5 nitrogen and oxygen atoms in total. The molecule has 21 heavy (non-hydrogen) atoms. The van der Waals surface area contributed by atoms with Gasteiger partial charge in [0.2, 0.25) is 5.91 Å². The molecule has 1 aromatic carbocycles. The Morgan fingerprint density at radius 3 is 2.76 bits per heavy atom. The van der Waals surface area contributed by atoms with Crippen LogP contribution >= 0.6 is 0 Å². The molecule has 0 aliphatic carbocycles. The van der Waals surface area contributed by atoms with Crippen LogP contribution in [-0.2, 0) is 9.53 Å². The minimum atomic E-state index is -0.0190. The highest BCUT2D eigenvalue weighted by molar-refractivity contribution is 5.93. The molecule has 1 aromatic rings. The monoisotopic (exact) mass is 291 g/mol. The molecule has 1 aliphatic rings.